The molecule has 0 unspecified atom stereocenters. The number of hydrogen-bond acceptors (Lipinski definition) is 1. The van der Waals surface area contributed by atoms with Crippen molar-refractivity contribution in [3.8, 4) is 0 Å². The van der Waals surface area contributed by atoms with E-state index in [1.54, 1.807) is 0 Å². The lowest BCUT2D eigenvalue weighted by Gasteiger charge is -2.14. The molecule has 4 rings (SSSR count). The normalized spacial score (nSPS) is 12.8. The van der Waals surface area contributed by atoms with Crippen molar-refractivity contribution in [1.82, 2.24) is 0 Å². The second kappa shape index (κ2) is 4.68. The summed E-state index contributed by atoms with van der Waals surface area (Å²) in [5.74, 6) is 2.23. The molecule has 0 bridgehead atoms. The minimum absolute atomic E-state index is 0.879. The Hall–Kier alpha value is -2.28. The van der Waals surface area contributed by atoms with Crippen molar-refractivity contribution in [1.29, 1.82) is 0 Å². The van der Waals surface area contributed by atoms with Crippen LogP contribution in [0, 0.1) is 0 Å². The van der Waals surface area contributed by atoms with Gasteiger partial charge < -0.3 is 4.42 Å². The van der Waals surface area contributed by atoms with E-state index in [0.29, 0.717) is 0 Å². The van der Waals surface area contributed by atoms with Gasteiger partial charge in [-0.3, -0.25) is 0 Å². The number of furan rings is 1. The summed E-state index contributed by atoms with van der Waals surface area (Å²) in [5, 5.41) is 0. The predicted molar refractivity (Wildman–Crippen MR) is 80.0 cm³/mol. The summed E-state index contributed by atoms with van der Waals surface area (Å²) in [6.07, 6.45) is 2.81. The number of fused-ring (bicyclic) bond motifs is 2. The molecular weight excluding hydrogens is 244 g/mol. The van der Waals surface area contributed by atoms with Crippen LogP contribution in [0.4, 0.5) is 0 Å². The Labute approximate surface area is 118 Å². The first-order valence-corrected chi connectivity index (χ1v) is 7.09. The van der Waals surface area contributed by atoms with Crippen LogP contribution in [-0.2, 0) is 19.3 Å². The van der Waals surface area contributed by atoms with Gasteiger partial charge in [0, 0.05) is 19.3 Å². The lowest BCUT2D eigenvalue weighted by atomic mass is 9.91. The van der Waals surface area contributed by atoms with Gasteiger partial charge in [0.2, 0.25) is 0 Å². The molecule has 1 aliphatic carbocycles. The van der Waals surface area contributed by atoms with Gasteiger partial charge in [0.25, 0.3) is 0 Å². The fourth-order valence-electron chi connectivity index (χ4n) is 2.99. The summed E-state index contributed by atoms with van der Waals surface area (Å²) in [6.45, 7) is 0. The fourth-order valence-corrected chi connectivity index (χ4v) is 2.99. The zero-order chi connectivity index (χ0) is 13.4. The Bertz CT molecular complexity index is 695. The van der Waals surface area contributed by atoms with Crippen LogP contribution in [0.5, 0.6) is 0 Å². The Morgan fingerprint density at radius 2 is 1.45 bits per heavy atom. The van der Waals surface area contributed by atoms with Crippen molar-refractivity contribution in [3.63, 3.8) is 0 Å². The standard InChI is InChI=1S/C19H16O/c1-2-6-14(7-3-1)10-18-12-17-11-15-8-4-5-9-16(15)13-19(17)20-18/h1-9,12H,10-11,13H2. The Morgan fingerprint density at radius 3 is 2.25 bits per heavy atom. The van der Waals surface area contributed by atoms with Gasteiger partial charge in [-0.1, -0.05) is 54.6 Å². The van der Waals surface area contributed by atoms with Gasteiger partial charge in [0.05, 0.1) is 0 Å². The first-order chi connectivity index (χ1) is 9.88. The van der Waals surface area contributed by atoms with E-state index in [-0.39, 0.29) is 0 Å². The molecule has 20 heavy (non-hydrogen) atoms. The number of hydrogen-bond donors (Lipinski definition) is 0. The van der Waals surface area contributed by atoms with Crippen molar-refractivity contribution in [2.75, 3.05) is 0 Å². The van der Waals surface area contributed by atoms with Gasteiger partial charge in [-0.25, -0.2) is 0 Å². The average Bonchev–Trinajstić information content (AvgIpc) is 2.86. The van der Waals surface area contributed by atoms with E-state index < -0.39 is 0 Å². The van der Waals surface area contributed by atoms with Crippen molar-refractivity contribution < 1.29 is 4.42 Å². The minimum Gasteiger partial charge on any atom is -0.465 e. The molecule has 2 aromatic carbocycles. The van der Waals surface area contributed by atoms with Crippen LogP contribution in [0.25, 0.3) is 0 Å². The van der Waals surface area contributed by atoms with Crippen LogP contribution in [0.3, 0.4) is 0 Å². The van der Waals surface area contributed by atoms with E-state index in [1.807, 2.05) is 6.07 Å². The van der Waals surface area contributed by atoms with E-state index >= 15 is 0 Å². The third kappa shape index (κ3) is 2.05. The zero-order valence-electron chi connectivity index (χ0n) is 11.3. The molecule has 0 saturated carbocycles. The monoisotopic (exact) mass is 260 g/mol. The summed E-state index contributed by atoms with van der Waals surface area (Å²) >= 11 is 0. The highest BCUT2D eigenvalue weighted by molar-refractivity contribution is 5.42. The van der Waals surface area contributed by atoms with Crippen molar-refractivity contribution in [2.45, 2.75) is 19.3 Å². The molecule has 3 aromatic rings. The van der Waals surface area contributed by atoms with E-state index in [0.717, 1.165) is 30.8 Å². The predicted octanol–water partition coefficient (Wildman–Crippen LogP) is 4.37. The summed E-state index contributed by atoms with van der Waals surface area (Å²) in [4.78, 5) is 0. The fraction of sp³-hybridized carbons (Fsp3) is 0.158. The van der Waals surface area contributed by atoms with Gasteiger partial charge >= 0.3 is 0 Å². The Morgan fingerprint density at radius 1 is 0.750 bits per heavy atom. The summed E-state index contributed by atoms with van der Waals surface area (Å²) in [5.41, 5.74) is 5.50. The highest BCUT2D eigenvalue weighted by Crippen LogP contribution is 2.30. The van der Waals surface area contributed by atoms with Crippen molar-refractivity contribution >= 4 is 0 Å². The van der Waals surface area contributed by atoms with Crippen LogP contribution in [0.2, 0.25) is 0 Å². The molecule has 1 aliphatic rings. The highest BCUT2D eigenvalue weighted by atomic mass is 16.3. The van der Waals surface area contributed by atoms with E-state index in [1.165, 1.54) is 22.3 Å². The molecule has 0 atom stereocenters. The van der Waals surface area contributed by atoms with E-state index in [2.05, 4.69) is 54.6 Å². The van der Waals surface area contributed by atoms with Crippen molar-refractivity contribution in [3.05, 3.63) is 94.4 Å². The Balaban J connectivity index is 1.63. The highest BCUT2D eigenvalue weighted by Gasteiger charge is 2.19. The second-order valence-electron chi connectivity index (χ2n) is 5.45. The third-order valence-electron chi connectivity index (χ3n) is 4.02. The lowest BCUT2D eigenvalue weighted by Crippen LogP contribution is -2.04. The maximum atomic E-state index is 6.07. The smallest absolute Gasteiger partial charge is 0.112 e. The van der Waals surface area contributed by atoms with Crippen LogP contribution in [-0.4, -0.2) is 0 Å². The molecule has 0 fully saturated rings. The molecule has 0 saturated heterocycles. The molecule has 1 heteroatoms. The number of rotatable bonds is 2. The molecule has 1 heterocycles. The average molecular weight is 260 g/mol. The topological polar surface area (TPSA) is 13.1 Å². The maximum Gasteiger partial charge on any atom is 0.112 e. The summed E-state index contributed by atoms with van der Waals surface area (Å²) in [6, 6.07) is 21.4. The molecule has 0 N–H and O–H groups in total. The van der Waals surface area contributed by atoms with Gasteiger partial charge in [0.15, 0.2) is 0 Å². The lowest BCUT2D eigenvalue weighted by molar-refractivity contribution is 0.476. The molecular formula is C19H16O. The van der Waals surface area contributed by atoms with E-state index in [9.17, 15) is 0 Å². The quantitative estimate of drug-likeness (QED) is 0.522. The molecule has 98 valence electrons. The van der Waals surface area contributed by atoms with Crippen LogP contribution < -0.4 is 0 Å². The van der Waals surface area contributed by atoms with Crippen LogP contribution >= 0.6 is 0 Å². The maximum absolute atomic E-state index is 6.07. The molecule has 0 radical (unpaired) electrons. The molecule has 0 aliphatic heterocycles. The summed E-state index contributed by atoms with van der Waals surface area (Å²) in [7, 11) is 0. The van der Waals surface area contributed by atoms with Crippen LogP contribution in [0.15, 0.2) is 65.1 Å². The van der Waals surface area contributed by atoms with Gasteiger partial charge in [0.1, 0.15) is 11.5 Å². The number of benzene rings is 2. The first kappa shape index (κ1) is 11.5. The SMILES string of the molecule is c1ccc(Cc2cc3c(o2)Cc2ccccc2C3)cc1. The Kier molecular flexibility index (Phi) is 2.70. The van der Waals surface area contributed by atoms with E-state index in [4.69, 9.17) is 4.42 Å². The second-order valence-corrected chi connectivity index (χ2v) is 5.45. The van der Waals surface area contributed by atoms with Gasteiger partial charge in [-0.05, 0) is 28.3 Å². The summed E-state index contributed by atoms with van der Waals surface area (Å²) < 4.78 is 6.07. The van der Waals surface area contributed by atoms with Gasteiger partial charge in [-0.2, -0.15) is 0 Å². The third-order valence-corrected chi connectivity index (χ3v) is 4.02. The molecule has 0 spiro atoms. The van der Waals surface area contributed by atoms with Crippen molar-refractivity contribution in [2.24, 2.45) is 0 Å². The first-order valence-electron chi connectivity index (χ1n) is 7.09. The molecule has 0 amide bonds. The largest absolute Gasteiger partial charge is 0.465 e. The van der Waals surface area contributed by atoms with Crippen LogP contribution in [0.1, 0.15) is 33.8 Å². The van der Waals surface area contributed by atoms with Gasteiger partial charge in [-0.15, -0.1) is 0 Å². The molecule has 1 aromatic heterocycles. The molecule has 1 nitrogen and oxygen atoms in total. The minimum atomic E-state index is 0.879. The zero-order valence-corrected chi connectivity index (χ0v) is 11.3.